The molecule has 0 aromatic heterocycles. The molecule has 16 heavy (non-hydrogen) atoms. The van der Waals surface area contributed by atoms with Gasteiger partial charge in [-0.2, -0.15) is 0 Å². The van der Waals surface area contributed by atoms with E-state index in [2.05, 4.69) is 74.1 Å². The minimum Gasteiger partial charge on any atom is -0.307 e. The van der Waals surface area contributed by atoms with Crippen LogP contribution in [0.3, 0.4) is 0 Å². The first-order valence-electron chi connectivity index (χ1n) is 5.83. The van der Waals surface area contributed by atoms with Gasteiger partial charge in [-0.1, -0.05) is 54.9 Å². The Morgan fingerprint density at radius 2 is 1.69 bits per heavy atom. The van der Waals surface area contributed by atoms with Crippen molar-refractivity contribution in [2.45, 2.75) is 46.7 Å². The molecule has 0 aliphatic carbocycles. The zero-order valence-electron chi connectivity index (χ0n) is 10.8. The molecule has 0 bridgehead atoms. The van der Waals surface area contributed by atoms with Gasteiger partial charge in [-0.25, -0.2) is 0 Å². The van der Waals surface area contributed by atoms with Gasteiger partial charge >= 0.3 is 0 Å². The van der Waals surface area contributed by atoms with E-state index < -0.39 is 0 Å². The molecule has 0 amide bonds. The molecule has 1 aromatic carbocycles. The van der Waals surface area contributed by atoms with E-state index in [0.717, 1.165) is 0 Å². The molecule has 0 fully saturated rings. The van der Waals surface area contributed by atoms with Crippen LogP contribution in [0.25, 0.3) is 0 Å². The molecule has 1 N–H and O–H groups in total. The average molecular weight is 284 g/mol. The van der Waals surface area contributed by atoms with Gasteiger partial charge in [-0.15, -0.1) is 0 Å². The van der Waals surface area contributed by atoms with Crippen LogP contribution in [-0.2, 0) is 0 Å². The first kappa shape index (κ1) is 13.7. The molecule has 0 saturated carbocycles. The van der Waals surface area contributed by atoms with E-state index >= 15 is 0 Å². The second kappa shape index (κ2) is 5.33. The van der Waals surface area contributed by atoms with Crippen LogP contribution in [0.15, 0.2) is 28.7 Å². The van der Waals surface area contributed by atoms with Crippen molar-refractivity contribution in [1.29, 1.82) is 0 Å². The van der Waals surface area contributed by atoms with Crippen LogP contribution in [0.4, 0.5) is 0 Å². The molecule has 1 aromatic rings. The van der Waals surface area contributed by atoms with Gasteiger partial charge in [0.1, 0.15) is 0 Å². The third-order valence-corrected chi connectivity index (χ3v) is 3.89. The fourth-order valence-corrected chi connectivity index (χ4v) is 2.17. The molecular formula is C14H22BrN. The lowest BCUT2D eigenvalue weighted by Crippen LogP contribution is -2.39. The lowest BCUT2D eigenvalue weighted by Gasteiger charge is -2.31. The Balaban J connectivity index is 2.73. The molecule has 1 nitrogen and oxygen atoms in total. The molecule has 2 heteroatoms. The SMILES string of the molecule is CC(NC(C)C(C)(C)C)c1ccccc1Br. The Labute approximate surface area is 108 Å². The Morgan fingerprint density at radius 1 is 1.12 bits per heavy atom. The molecule has 2 atom stereocenters. The highest BCUT2D eigenvalue weighted by Crippen LogP contribution is 2.26. The Morgan fingerprint density at radius 3 is 2.19 bits per heavy atom. The maximum atomic E-state index is 3.65. The predicted molar refractivity (Wildman–Crippen MR) is 74.6 cm³/mol. The topological polar surface area (TPSA) is 12.0 Å². The van der Waals surface area contributed by atoms with Crippen LogP contribution in [-0.4, -0.2) is 6.04 Å². The van der Waals surface area contributed by atoms with Crippen molar-refractivity contribution < 1.29 is 0 Å². The summed E-state index contributed by atoms with van der Waals surface area (Å²) in [6.45, 7) is 11.2. The third-order valence-electron chi connectivity index (χ3n) is 3.17. The number of benzene rings is 1. The van der Waals surface area contributed by atoms with Gasteiger partial charge in [0.15, 0.2) is 0 Å². The molecule has 2 unspecified atom stereocenters. The Hall–Kier alpha value is -0.340. The average Bonchev–Trinajstić information content (AvgIpc) is 2.16. The maximum absolute atomic E-state index is 3.65. The largest absolute Gasteiger partial charge is 0.307 e. The molecule has 1 rings (SSSR count). The molecule has 0 aliphatic rings. The highest BCUT2D eigenvalue weighted by atomic mass is 79.9. The molecule has 0 heterocycles. The number of halogens is 1. The van der Waals surface area contributed by atoms with E-state index in [9.17, 15) is 0 Å². The summed E-state index contributed by atoms with van der Waals surface area (Å²) in [5, 5.41) is 3.65. The highest BCUT2D eigenvalue weighted by molar-refractivity contribution is 9.10. The van der Waals surface area contributed by atoms with Gasteiger partial charge < -0.3 is 5.32 Å². The molecule has 0 radical (unpaired) electrons. The molecular weight excluding hydrogens is 262 g/mol. The van der Waals surface area contributed by atoms with Crippen molar-refractivity contribution in [1.82, 2.24) is 5.32 Å². The summed E-state index contributed by atoms with van der Waals surface area (Å²) in [6.07, 6.45) is 0. The normalized spacial score (nSPS) is 15.9. The van der Waals surface area contributed by atoms with Crippen LogP contribution in [0.5, 0.6) is 0 Å². The zero-order valence-corrected chi connectivity index (χ0v) is 12.4. The smallest absolute Gasteiger partial charge is 0.0305 e. The van der Waals surface area contributed by atoms with Crippen molar-refractivity contribution in [3.63, 3.8) is 0 Å². The van der Waals surface area contributed by atoms with E-state index in [1.54, 1.807) is 0 Å². The maximum Gasteiger partial charge on any atom is 0.0305 e. The van der Waals surface area contributed by atoms with Crippen LogP contribution in [0.1, 0.15) is 46.2 Å². The second-order valence-corrected chi connectivity index (χ2v) is 6.35. The van der Waals surface area contributed by atoms with Crippen molar-refractivity contribution in [3.05, 3.63) is 34.3 Å². The Kier molecular flexibility index (Phi) is 4.57. The lowest BCUT2D eigenvalue weighted by atomic mass is 9.87. The van der Waals surface area contributed by atoms with Crippen molar-refractivity contribution >= 4 is 15.9 Å². The van der Waals surface area contributed by atoms with Crippen LogP contribution in [0.2, 0.25) is 0 Å². The van der Waals surface area contributed by atoms with Crippen LogP contribution >= 0.6 is 15.9 Å². The minimum absolute atomic E-state index is 0.287. The lowest BCUT2D eigenvalue weighted by molar-refractivity contribution is 0.268. The van der Waals surface area contributed by atoms with Gasteiger partial charge in [0.05, 0.1) is 0 Å². The molecule has 0 spiro atoms. The van der Waals surface area contributed by atoms with Crippen molar-refractivity contribution in [3.8, 4) is 0 Å². The van der Waals surface area contributed by atoms with Gasteiger partial charge in [-0.05, 0) is 30.9 Å². The fraction of sp³-hybridized carbons (Fsp3) is 0.571. The number of rotatable bonds is 3. The summed E-state index contributed by atoms with van der Waals surface area (Å²) in [5.41, 5.74) is 1.61. The first-order valence-corrected chi connectivity index (χ1v) is 6.62. The summed E-state index contributed by atoms with van der Waals surface area (Å²) in [6, 6.07) is 9.24. The summed E-state index contributed by atoms with van der Waals surface area (Å²) in [5.74, 6) is 0. The molecule has 0 aliphatic heterocycles. The minimum atomic E-state index is 0.287. The van der Waals surface area contributed by atoms with Crippen LogP contribution in [0, 0.1) is 5.41 Å². The van der Waals surface area contributed by atoms with Gasteiger partial charge in [-0.3, -0.25) is 0 Å². The fourth-order valence-electron chi connectivity index (χ4n) is 1.54. The zero-order chi connectivity index (χ0) is 12.3. The summed E-state index contributed by atoms with van der Waals surface area (Å²) in [7, 11) is 0. The monoisotopic (exact) mass is 283 g/mol. The van der Waals surface area contributed by atoms with E-state index in [1.165, 1.54) is 10.0 Å². The summed E-state index contributed by atoms with van der Waals surface area (Å²) < 4.78 is 1.18. The standard InChI is InChI=1S/C14H22BrN/c1-10(16-11(2)14(3,4)5)12-8-6-7-9-13(12)15/h6-11,16H,1-5H3. The van der Waals surface area contributed by atoms with E-state index in [0.29, 0.717) is 12.1 Å². The molecule has 0 saturated heterocycles. The highest BCUT2D eigenvalue weighted by Gasteiger charge is 2.22. The van der Waals surface area contributed by atoms with Crippen molar-refractivity contribution in [2.24, 2.45) is 5.41 Å². The summed E-state index contributed by atoms with van der Waals surface area (Å²) in [4.78, 5) is 0. The second-order valence-electron chi connectivity index (χ2n) is 5.50. The van der Waals surface area contributed by atoms with E-state index in [-0.39, 0.29) is 5.41 Å². The third kappa shape index (κ3) is 3.60. The Bertz CT molecular complexity index is 341. The first-order chi connectivity index (χ1) is 7.32. The molecule has 90 valence electrons. The predicted octanol–water partition coefficient (Wildman–Crippen LogP) is 4.53. The van der Waals surface area contributed by atoms with Crippen LogP contribution < -0.4 is 5.32 Å². The number of hydrogen-bond acceptors (Lipinski definition) is 1. The van der Waals surface area contributed by atoms with E-state index in [1.807, 2.05) is 6.07 Å². The van der Waals surface area contributed by atoms with E-state index in [4.69, 9.17) is 0 Å². The number of nitrogens with one attached hydrogen (secondary N) is 1. The van der Waals surface area contributed by atoms with Crippen molar-refractivity contribution in [2.75, 3.05) is 0 Å². The summed E-state index contributed by atoms with van der Waals surface area (Å²) >= 11 is 3.60. The quantitative estimate of drug-likeness (QED) is 0.859. The van der Waals surface area contributed by atoms with Gasteiger partial charge in [0, 0.05) is 16.6 Å². The number of hydrogen-bond donors (Lipinski definition) is 1. The van der Waals surface area contributed by atoms with Gasteiger partial charge in [0.2, 0.25) is 0 Å². The van der Waals surface area contributed by atoms with Gasteiger partial charge in [0.25, 0.3) is 0 Å².